The maximum Gasteiger partial charge on any atom is 0.234 e. The molecule has 2 atom stereocenters. The number of carbonyl (C=O) groups excluding carboxylic acids is 1. The Morgan fingerprint density at radius 3 is 3.07 bits per heavy atom. The van der Waals surface area contributed by atoms with Gasteiger partial charge < -0.3 is 5.32 Å². The monoisotopic (exact) mass is 228 g/mol. The molecule has 0 aromatic carbocycles. The number of thioether (sulfide) groups is 1. The highest BCUT2D eigenvalue weighted by Crippen LogP contribution is 2.23. The molecule has 0 bridgehead atoms. The third-order valence-electron chi connectivity index (χ3n) is 2.80. The Bertz CT molecular complexity index is 233. The van der Waals surface area contributed by atoms with Gasteiger partial charge in [0.05, 0.1) is 6.54 Å². The van der Waals surface area contributed by atoms with E-state index in [1.807, 2.05) is 11.8 Å². The second-order valence-corrected chi connectivity index (χ2v) is 5.36. The van der Waals surface area contributed by atoms with Crippen molar-refractivity contribution in [1.82, 2.24) is 10.2 Å². The quantitative estimate of drug-likeness (QED) is 0.732. The first-order valence-corrected chi connectivity index (χ1v) is 6.43. The van der Waals surface area contributed by atoms with Gasteiger partial charge in [-0.15, -0.1) is 6.58 Å². The van der Waals surface area contributed by atoms with Crippen molar-refractivity contribution in [3.8, 4) is 0 Å². The molecule has 1 aliphatic heterocycles. The van der Waals surface area contributed by atoms with Gasteiger partial charge in [-0.25, -0.2) is 0 Å². The van der Waals surface area contributed by atoms with E-state index in [4.69, 9.17) is 0 Å². The Kier molecular flexibility index (Phi) is 5.19. The highest BCUT2D eigenvalue weighted by atomic mass is 32.2. The van der Waals surface area contributed by atoms with E-state index in [1.165, 1.54) is 0 Å². The smallest absolute Gasteiger partial charge is 0.234 e. The summed E-state index contributed by atoms with van der Waals surface area (Å²) in [6.45, 7) is 10.1. The van der Waals surface area contributed by atoms with Crippen LogP contribution in [0.15, 0.2) is 12.7 Å². The fraction of sp³-hybridized carbons (Fsp3) is 0.727. The molecule has 0 saturated carbocycles. The predicted molar refractivity (Wildman–Crippen MR) is 66.2 cm³/mol. The molecule has 1 amide bonds. The summed E-state index contributed by atoms with van der Waals surface area (Å²) < 4.78 is 0. The molecule has 1 fully saturated rings. The summed E-state index contributed by atoms with van der Waals surface area (Å²) in [5.74, 6) is 1.22. The van der Waals surface area contributed by atoms with Crippen LogP contribution in [0.2, 0.25) is 0 Å². The van der Waals surface area contributed by atoms with Crippen molar-refractivity contribution in [2.75, 3.05) is 25.4 Å². The molecule has 1 saturated heterocycles. The molecule has 0 spiro atoms. The molecule has 4 heteroatoms. The molecule has 1 aliphatic rings. The van der Waals surface area contributed by atoms with E-state index >= 15 is 0 Å². The van der Waals surface area contributed by atoms with Crippen molar-refractivity contribution < 1.29 is 4.79 Å². The van der Waals surface area contributed by atoms with Crippen molar-refractivity contribution in [2.24, 2.45) is 0 Å². The van der Waals surface area contributed by atoms with Crippen LogP contribution in [-0.2, 0) is 4.79 Å². The van der Waals surface area contributed by atoms with Crippen LogP contribution in [-0.4, -0.2) is 47.5 Å². The topological polar surface area (TPSA) is 32.3 Å². The summed E-state index contributed by atoms with van der Waals surface area (Å²) in [5, 5.41) is 3.43. The molecule has 0 aliphatic carbocycles. The van der Waals surface area contributed by atoms with Gasteiger partial charge in [-0.2, -0.15) is 11.8 Å². The summed E-state index contributed by atoms with van der Waals surface area (Å²) in [4.78, 5) is 13.8. The van der Waals surface area contributed by atoms with Crippen molar-refractivity contribution in [1.29, 1.82) is 0 Å². The Morgan fingerprint density at radius 1 is 1.67 bits per heavy atom. The largest absolute Gasteiger partial charge is 0.352 e. The van der Waals surface area contributed by atoms with Gasteiger partial charge in [0.1, 0.15) is 0 Å². The van der Waals surface area contributed by atoms with Crippen LogP contribution >= 0.6 is 11.8 Å². The average Bonchev–Trinajstić information content (AvgIpc) is 2.22. The molecule has 15 heavy (non-hydrogen) atoms. The van der Waals surface area contributed by atoms with Gasteiger partial charge in [0.25, 0.3) is 0 Å². The van der Waals surface area contributed by atoms with Gasteiger partial charge in [-0.1, -0.05) is 13.0 Å². The lowest BCUT2D eigenvalue weighted by Gasteiger charge is -2.36. The lowest BCUT2D eigenvalue weighted by molar-refractivity contribution is -0.122. The van der Waals surface area contributed by atoms with Crippen LogP contribution < -0.4 is 5.32 Å². The SMILES string of the molecule is C=CCNC(=O)CN1CCSC(C)C1C. The van der Waals surface area contributed by atoms with Crippen LogP contribution in [0.25, 0.3) is 0 Å². The number of hydrogen-bond donors (Lipinski definition) is 1. The molecule has 1 rings (SSSR count). The summed E-state index contributed by atoms with van der Waals surface area (Å²) in [5.41, 5.74) is 0. The molecule has 1 heterocycles. The number of carbonyl (C=O) groups is 1. The Labute approximate surface area is 96.3 Å². The van der Waals surface area contributed by atoms with Gasteiger partial charge in [-0.05, 0) is 6.92 Å². The summed E-state index contributed by atoms with van der Waals surface area (Å²) in [6.07, 6.45) is 1.70. The highest BCUT2D eigenvalue weighted by Gasteiger charge is 2.26. The normalized spacial score (nSPS) is 27.3. The second kappa shape index (κ2) is 6.18. The van der Waals surface area contributed by atoms with E-state index in [0.29, 0.717) is 24.4 Å². The van der Waals surface area contributed by atoms with Crippen LogP contribution in [0, 0.1) is 0 Å². The zero-order valence-electron chi connectivity index (χ0n) is 9.53. The average molecular weight is 228 g/mol. The van der Waals surface area contributed by atoms with Crippen molar-refractivity contribution >= 4 is 17.7 Å². The minimum Gasteiger partial charge on any atom is -0.352 e. The van der Waals surface area contributed by atoms with Gasteiger partial charge in [-0.3, -0.25) is 9.69 Å². The van der Waals surface area contributed by atoms with E-state index in [9.17, 15) is 4.79 Å². The van der Waals surface area contributed by atoms with E-state index < -0.39 is 0 Å². The van der Waals surface area contributed by atoms with Gasteiger partial charge >= 0.3 is 0 Å². The molecule has 0 radical (unpaired) electrons. The maximum atomic E-state index is 11.5. The van der Waals surface area contributed by atoms with Crippen molar-refractivity contribution in [3.63, 3.8) is 0 Å². The number of nitrogens with one attached hydrogen (secondary N) is 1. The minimum absolute atomic E-state index is 0.0980. The van der Waals surface area contributed by atoms with Gasteiger partial charge in [0, 0.05) is 30.1 Å². The fourth-order valence-electron chi connectivity index (χ4n) is 1.65. The number of amides is 1. The standard InChI is InChI=1S/C11H20N2OS/c1-4-5-12-11(14)8-13-6-7-15-10(3)9(13)2/h4,9-10H,1,5-8H2,2-3H3,(H,12,14). The van der Waals surface area contributed by atoms with Crippen LogP contribution in [0.5, 0.6) is 0 Å². The third-order valence-corrected chi connectivity index (χ3v) is 4.14. The Balaban J connectivity index is 2.36. The van der Waals surface area contributed by atoms with Crippen LogP contribution in [0.1, 0.15) is 13.8 Å². The minimum atomic E-state index is 0.0980. The van der Waals surface area contributed by atoms with Crippen LogP contribution in [0.3, 0.4) is 0 Å². The first-order chi connectivity index (χ1) is 7.15. The Morgan fingerprint density at radius 2 is 2.40 bits per heavy atom. The molecular formula is C11H20N2OS. The predicted octanol–water partition coefficient (Wildman–Crippen LogP) is 1.11. The first-order valence-electron chi connectivity index (χ1n) is 5.38. The molecule has 86 valence electrons. The Hall–Kier alpha value is -0.480. The number of rotatable bonds is 4. The van der Waals surface area contributed by atoms with Gasteiger partial charge in [0.2, 0.25) is 5.91 Å². The second-order valence-electron chi connectivity index (χ2n) is 3.88. The van der Waals surface area contributed by atoms with Crippen LogP contribution in [0.4, 0.5) is 0 Å². The molecular weight excluding hydrogens is 208 g/mol. The van der Waals surface area contributed by atoms with Gasteiger partial charge in [0.15, 0.2) is 0 Å². The third kappa shape index (κ3) is 3.87. The number of hydrogen-bond acceptors (Lipinski definition) is 3. The zero-order chi connectivity index (χ0) is 11.3. The zero-order valence-corrected chi connectivity index (χ0v) is 10.3. The lowest BCUT2D eigenvalue weighted by Crippen LogP contribution is -2.49. The molecule has 0 aromatic heterocycles. The summed E-state index contributed by atoms with van der Waals surface area (Å²) in [6, 6.07) is 0.484. The maximum absolute atomic E-state index is 11.5. The fourth-order valence-corrected chi connectivity index (χ4v) is 2.81. The van der Waals surface area contributed by atoms with E-state index in [-0.39, 0.29) is 5.91 Å². The van der Waals surface area contributed by atoms with E-state index in [0.717, 1.165) is 12.3 Å². The molecule has 3 nitrogen and oxygen atoms in total. The summed E-state index contributed by atoms with van der Waals surface area (Å²) in [7, 11) is 0. The van der Waals surface area contributed by atoms with Crippen molar-refractivity contribution in [2.45, 2.75) is 25.1 Å². The lowest BCUT2D eigenvalue weighted by atomic mass is 10.2. The highest BCUT2D eigenvalue weighted by molar-refractivity contribution is 8.00. The first kappa shape index (κ1) is 12.6. The molecule has 1 N–H and O–H groups in total. The van der Waals surface area contributed by atoms with Crippen molar-refractivity contribution in [3.05, 3.63) is 12.7 Å². The molecule has 2 unspecified atom stereocenters. The van der Waals surface area contributed by atoms with E-state index in [2.05, 4.69) is 30.6 Å². The summed E-state index contributed by atoms with van der Waals surface area (Å²) >= 11 is 1.99. The number of nitrogens with zero attached hydrogens (tertiary/aromatic N) is 1. The molecule has 0 aromatic rings. The van der Waals surface area contributed by atoms with E-state index in [1.54, 1.807) is 6.08 Å².